The minimum atomic E-state index is -0.277. The zero-order valence-corrected chi connectivity index (χ0v) is 18.5. The van der Waals surface area contributed by atoms with E-state index in [1.807, 2.05) is 42.5 Å². The monoisotopic (exact) mass is 449 g/mol. The van der Waals surface area contributed by atoms with Crippen molar-refractivity contribution >= 4 is 23.3 Å². The van der Waals surface area contributed by atoms with Crippen molar-refractivity contribution in [3.8, 4) is 16.9 Å². The number of hydrogen-bond donors (Lipinski definition) is 0. The molecule has 1 heterocycles. The second-order valence-corrected chi connectivity index (χ2v) is 9.13. The van der Waals surface area contributed by atoms with Crippen LogP contribution in [0.4, 0.5) is 5.69 Å². The average Bonchev–Trinajstić information content (AvgIpc) is 3.57. The molecule has 3 aromatic carbocycles. The number of anilines is 1. The first-order valence-electron chi connectivity index (χ1n) is 11.6. The van der Waals surface area contributed by atoms with Gasteiger partial charge in [0.15, 0.2) is 12.4 Å². The van der Waals surface area contributed by atoms with E-state index in [0.29, 0.717) is 17.0 Å². The van der Waals surface area contributed by atoms with Crippen LogP contribution < -0.4 is 9.64 Å². The van der Waals surface area contributed by atoms with Gasteiger partial charge in [0.2, 0.25) is 11.8 Å². The van der Waals surface area contributed by atoms with Crippen molar-refractivity contribution in [2.45, 2.75) is 6.42 Å². The molecule has 5 heteroatoms. The SMILES string of the molecule is O=C(COc1ccccc1N1C(=O)C2C3C=CC(C3)C2C1=O)c1ccc(-c2ccccc2)cc1. The summed E-state index contributed by atoms with van der Waals surface area (Å²) in [6.45, 7) is -0.183. The van der Waals surface area contributed by atoms with Crippen LogP contribution in [-0.4, -0.2) is 24.2 Å². The summed E-state index contributed by atoms with van der Waals surface area (Å²) in [5, 5.41) is 0. The summed E-state index contributed by atoms with van der Waals surface area (Å²) in [7, 11) is 0. The number of rotatable bonds is 6. The molecular formula is C29H23NO4. The van der Waals surface area contributed by atoms with Gasteiger partial charge in [-0.05, 0) is 41.5 Å². The summed E-state index contributed by atoms with van der Waals surface area (Å²) in [5.74, 6) is -0.404. The normalized spacial score (nSPS) is 24.5. The van der Waals surface area contributed by atoms with Gasteiger partial charge in [-0.15, -0.1) is 0 Å². The van der Waals surface area contributed by atoms with Gasteiger partial charge >= 0.3 is 0 Å². The number of benzene rings is 3. The molecule has 0 N–H and O–H groups in total. The van der Waals surface area contributed by atoms with E-state index in [2.05, 4.69) is 12.2 Å². The van der Waals surface area contributed by atoms with Crippen LogP contribution in [0.15, 0.2) is 91.0 Å². The highest BCUT2D eigenvalue weighted by molar-refractivity contribution is 6.23. The molecule has 4 unspecified atom stereocenters. The lowest BCUT2D eigenvalue weighted by atomic mass is 9.85. The topological polar surface area (TPSA) is 63.7 Å². The predicted molar refractivity (Wildman–Crippen MR) is 128 cm³/mol. The van der Waals surface area contributed by atoms with Gasteiger partial charge in [-0.1, -0.05) is 78.9 Å². The molecule has 0 aromatic heterocycles. The predicted octanol–water partition coefficient (Wildman–Crippen LogP) is 4.93. The van der Waals surface area contributed by atoms with Gasteiger partial charge in [-0.3, -0.25) is 14.4 Å². The van der Waals surface area contributed by atoms with Crippen molar-refractivity contribution in [2.24, 2.45) is 23.7 Å². The molecule has 3 aliphatic rings. The van der Waals surface area contributed by atoms with Crippen LogP contribution in [0.3, 0.4) is 0 Å². The van der Waals surface area contributed by atoms with Crippen molar-refractivity contribution in [1.82, 2.24) is 0 Å². The molecule has 34 heavy (non-hydrogen) atoms. The van der Waals surface area contributed by atoms with Crippen LogP contribution in [-0.2, 0) is 9.59 Å². The van der Waals surface area contributed by atoms with Gasteiger partial charge in [0.05, 0.1) is 17.5 Å². The van der Waals surface area contributed by atoms with Gasteiger partial charge in [0.25, 0.3) is 0 Å². The number of fused-ring (bicyclic) bond motifs is 5. The highest BCUT2D eigenvalue weighted by Crippen LogP contribution is 2.53. The summed E-state index contributed by atoms with van der Waals surface area (Å²) in [6, 6.07) is 24.3. The molecular weight excluding hydrogens is 426 g/mol. The summed E-state index contributed by atoms with van der Waals surface area (Å²) in [4.78, 5) is 40.5. The fourth-order valence-electron chi connectivity index (χ4n) is 5.61. The van der Waals surface area contributed by atoms with Crippen LogP contribution in [0, 0.1) is 23.7 Å². The van der Waals surface area contributed by atoms with Crippen LogP contribution in [0.2, 0.25) is 0 Å². The van der Waals surface area contributed by atoms with Gasteiger partial charge in [0.1, 0.15) is 5.75 Å². The lowest BCUT2D eigenvalue weighted by Gasteiger charge is -2.20. The number of para-hydroxylation sites is 2. The zero-order chi connectivity index (χ0) is 23.2. The van der Waals surface area contributed by atoms with E-state index in [-0.39, 0.29) is 47.9 Å². The lowest BCUT2D eigenvalue weighted by molar-refractivity contribution is -0.123. The maximum absolute atomic E-state index is 13.2. The van der Waals surface area contributed by atoms with Gasteiger partial charge in [-0.25, -0.2) is 4.90 Å². The molecule has 4 atom stereocenters. The first kappa shape index (κ1) is 20.6. The number of nitrogens with zero attached hydrogens (tertiary/aromatic N) is 1. The Morgan fingerprint density at radius 2 is 1.35 bits per heavy atom. The highest BCUT2D eigenvalue weighted by Gasteiger charge is 2.59. The number of carbonyl (C=O) groups is 3. The minimum absolute atomic E-state index is 0.143. The Balaban J connectivity index is 1.18. The van der Waals surface area contributed by atoms with E-state index in [1.54, 1.807) is 36.4 Å². The van der Waals surface area contributed by atoms with Crippen LogP contribution in [0.1, 0.15) is 16.8 Å². The number of Topliss-reactive ketones (excluding diaryl/α,β-unsaturated/α-hetero) is 1. The summed E-state index contributed by atoms with van der Waals surface area (Å²) < 4.78 is 5.86. The number of allylic oxidation sites excluding steroid dienone is 2. The number of ether oxygens (including phenoxy) is 1. The van der Waals surface area contributed by atoms with Gasteiger partial charge in [-0.2, -0.15) is 0 Å². The van der Waals surface area contributed by atoms with E-state index >= 15 is 0 Å². The summed E-state index contributed by atoms with van der Waals surface area (Å²) in [5.41, 5.74) is 3.07. The average molecular weight is 450 g/mol. The Morgan fingerprint density at radius 1 is 0.765 bits per heavy atom. The standard InChI is InChI=1S/C29H23NO4/c31-24(20-12-10-19(11-13-20)18-6-2-1-3-7-18)17-34-25-9-5-4-8-23(25)30-28(32)26-21-14-15-22(16-21)27(26)29(30)33/h1-15,21-22,26-27H,16-17H2. The molecule has 2 amide bonds. The quantitative estimate of drug-likeness (QED) is 0.304. The van der Waals surface area contributed by atoms with Crippen molar-refractivity contribution in [1.29, 1.82) is 0 Å². The fourth-order valence-corrected chi connectivity index (χ4v) is 5.61. The molecule has 3 aromatic rings. The van der Waals surface area contributed by atoms with Crippen LogP contribution >= 0.6 is 0 Å². The van der Waals surface area contributed by atoms with Gasteiger partial charge < -0.3 is 4.74 Å². The van der Waals surface area contributed by atoms with Crippen molar-refractivity contribution in [2.75, 3.05) is 11.5 Å². The Labute approximate surface area is 197 Å². The molecule has 1 saturated heterocycles. The molecule has 0 spiro atoms. The molecule has 168 valence electrons. The Morgan fingerprint density at radius 3 is 2.03 bits per heavy atom. The third kappa shape index (κ3) is 3.27. The van der Waals surface area contributed by atoms with Crippen molar-refractivity contribution in [3.63, 3.8) is 0 Å². The Kier molecular flexibility index (Phi) is 4.91. The Hall–Kier alpha value is -3.99. The molecule has 1 saturated carbocycles. The second-order valence-electron chi connectivity index (χ2n) is 9.13. The molecule has 2 fully saturated rings. The third-order valence-corrected chi connectivity index (χ3v) is 7.25. The maximum Gasteiger partial charge on any atom is 0.238 e. The first-order valence-corrected chi connectivity index (χ1v) is 11.6. The largest absolute Gasteiger partial charge is 0.483 e. The van der Waals surface area contributed by atoms with E-state index in [9.17, 15) is 14.4 Å². The number of hydrogen-bond acceptors (Lipinski definition) is 4. The van der Waals surface area contributed by atoms with E-state index in [4.69, 9.17) is 4.74 Å². The zero-order valence-electron chi connectivity index (χ0n) is 18.5. The molecule has 1 aliphatic heterocycles. The number of imide groups is 1. The minimum Gasteiger partial charge on any atom is -0.483 e. The lowest BCUT2D eigenvalue weighted by Crippen LogP contribution is -2.33. The van der Waals surface area contributed by atoms with Crippen molar-refractivity contribution in [3.05, 3.63) is 96.6 Å². The second kappa shape index (κ2) is 8.10. The third-order valence-electron chi connectivity index (χ3n) is 7.25. The number of amides is 2. The van der Waals surface area contributed by atoms with E-state index in [0.717, 1.165) is 17.5 Å². The molecule has 2 aliphatic carbocycles. The van der Waals surface area contributed by atoms with Crippen molar-refractivity contribution < 1.29 is 19.1 Å². The summed E-state index contributed by atoms with van der Waals surface area (Å²) in [6.07, 6.45) is 5.03. The van der Waals surface area contributed by atoms with Crippen LogP contribution in [0.25, 0.3) is 11.1 Å². The number of ketones is 1. The fraction of sp³-hybridized carbons (Fsp3) is 0.207. The van der Waals surface area contributed by atoms with Gasteiger partial charge in [0, 0.05) is 5.56 Å². The Bertz CT molecular complexity index is 1280. The smallest absolute Gasteiger partial charge is 0.238 e. The van der Waals surface area contributed by atoms with E-state index in [1.165, 1.54) is 4.90 Å². The molecule has 6 rings (SSSR count). The van der Waals surface area contributed by atoms with Crippen LogP contribution in [0.5, 0.6) is 5.75 Å². The molecule has 2 bridgehead atoms. The van der Waals surface area contributed by atoms with E-state index < -0.39 is 0 Å². The number of carbonyl (C=O) groups excluding carboxylic acids is 3. The molecule has 0 radical (unpaired) electrons. The molecule has 5 nitrogen and oxygen atoms in total. The highest BCUT2D eigenvalue weighted by atomic mass is 16.5. The summed E-state index contributed by atoms with van der Waals surface area (Å²) >= 11 is 0. The maximum atomic E-state index is 13.2. The first-order chi connectivity index (χ1) is 16.6.